The van der Waals surface area contributed by atoms with Crippen LogP contribution in [-0.4, -0.2) is 36.7 Å². The molecule has 0 saturated carbocycles. The molecular formula is C30H40N3O5P. The third-order valence-corrected chi connectivity index (χ3v) is 6.59. The van der Waals surface area contributed by atoms with E-state index in [1.54, 1.807) is 6.92 Å². The number of carbonyl (C=O) groups is 4. The van der Waals surface area contributed by atoms with Crippen molar-refractivity contribution >= 4 is 38.3 Å². The van der Waals surface area contributed by atoms with E-state index in [0.29, 0.717) is 37.1 Å². The van der Waals surface area contributed by atoms with E-state index in [1.807, 2.05) is 43.3 Å². The zero-order valence-electron chi connectivity index (χ0n) is 24.1. The van der Waals surface area contributed by atoms with E-state index >= 15 is 0 Å². The first kappa shape index (κ1) is 30.2. The second-order valence-corrected chi connectivity index (χ2v) is 9.44. The predicted octanol–water partition coefficient (Wildman–Crippen LogP) is 6.65. The molecular weight excluding hydrogens is 513 g/mol. The van der Waals surface area contributed by atoms with Crippen molar-refractivity contribution in [3.05, 3.63) is 53.1 Å². The summed E-state index contributed by atoms with van der Waals surface area (Å²) in [5, 5.41) is 8.30. The van der Waals surface area contributed by atoms with Crippen LogP contribution in [0.2, 0.25) is 1.41 Å². The molecule has 3 rings (SSSR count). The Bertz CT molecular complexity index is 1200. The maximum absolute atomic E-state index is 13.0. The molecule has 0 fully saturated rings. The van der Waals surface area contributed by atoms with Gasteiger partial charge in [-0.15, -0.1) is 0 Å². The molecule has 2 amide bonds. The first-order valence-corrected chi connectivity index (χ1v) is 14.1. The Hall–Kier alpha value is -3.38. The van der Waals surface area contributed by atoms with Gasteiger partial charge in [0.15, 0.2) is 7.20 Å². The van der Waals surface area contributed by atoms with Crippen molar-refractivity contribution in [2.75, 3.05) is 18.5 Å². The maximum atomic E-state index is 13.0. The van der Waals surface area contributed by atoms with E-state index in [2.05, 4.69) is 31.7 Å². The first-order chi connectivity index (χ1) is 19.3. The number of ketones is 1. The normalized spacial score (nSPS) is 13.1. The highest BCUT2D eigenvalue weighted by Crippen LogP contribution is 2.47. The minimum Gasteiger partial charge on any atom is -0.465 e. The second kappa shape index (κ2) is 16.6. The molecule has 0 radical (unpaired) electrons. The van der Waals surface area contributed by atoms with Gasteiger partial charge < -0.3 is 15.4 Å². The summed E-state index contributed by atoms with van der Waals surface area (Å²) >= 11 is 0. The van der Waals surface area contributed by atoms with Gasteiger partial charge in [0.1, 0.15) is 6.61 Å². The standard InChI is InChI=1S/C30H38N2O5.H2NP/c1-4-7-12-26(33)23-11-8-10-21-25(19-37-29(36)6-3)24-18-20(15-16-22(24)30(21)23)32-28(35)14-9-13-27(34)31-17-5-2;1-2/h8,10-11,15-16,18,25H,4-7,9,12-14,17,19H2,1-3H3,(H,31,34)(H,32,35);1-2H/i/hD. The molecule has 1 atom stereocenters. The van der Waals surface area contributed by atoms with Crippen LogP contribution in [-0.2, 0) is 19.1 Å². The van der Waals surface area contributed by atoms with Gasteiger partial charge in [-0.1, -0.05) is 51.5 Å². The molecule has 0 aromatic heterocycles. The lowest BCUT2D eigenvalue weighted by Crippen LogP contribution is -2.24. The minimum atomic E-state index is -0.280. The number of amides is 2. The lowest BCUT2D eigenvalue weighted by Gasteiger charge is -2.15. The van der Waals surface area contributed by atoms with Gasteiger partial charge in [0.25, 0.3) is 0 Å². The quantitative estimate of drug-likeness (QED) is 0.137. The molecule has 3 N–H and O–H groups in total. The Kier molecular flexibility index (Phi) is 12.8. The summed E-state index contributed by atoms with van der Waals surface area (Å²) in [4.78, 5) is 49.3. The molecule has 210 valence electrons. The Balaban J connectivity index is 0.00000178. The smallest absolute Gasteiger partial charge is 0.305 e. The molecule has 1 aliphatic carbocycles. The van der Waals surface area contributed by atoms with Gasteiger partial charge in [0.05, 0.1) is 0 Å². The number of ether oxygens (including phenoxy) is 1. The van der Waals surface area contributed by atoms with E-state index in [0.717, 1.165) is 41.5 Å². The predicted molar refractivity (Wildman–Crippen MR) is 156 cm³/mol. The number of hydrogen-bond donors (Lipinski definition) is 3. The number of unbranched alkanes of at least 4 members (excludes halogenated alkanes) is 1. The third-order valence-electron chi connectivity index (χ3n) is 6.59. The second-order valence-electron chi connectivity index (χ2n) is 9.44. The minimum absolute atomic E-state index is 0.0429. The number of nitrogens with one attached hydrogen (secondary N) is 3. The van der Waals surface area contributed by atoms with Crippen LogP contribution >= 0.6 is 9.03 Å². The number of hydrogen-bond acceptors (Lipinski definition) is 6. The monoisotopic (exact) mass is 554 g/mol. The average molecular weight is 555 g/mol. The van der Waals surface area contributed by atoms with Crippen LogP contribution in [0, 0.1) is 5.15 Å². The van der Waals surface area contributed by atoms with Crippen molar-refractivity contribution in [1.29, 1.82) is 5.15 Å². The van der Waals surface area contributed by atoms with E-state index in [1.165, 1.54) is 0 Å². The molecule has 0 heterocycles. The third kappa shape index (κ3) is 8.82. The zero-order chi connectivity index (χ0) is 29.5. The van der Waals surface area contributed by atoms with Crippen LogP contribution in [0.5, 0.6) is 0 Å². The molecule has 2 aromatic rings. The van der Waals surface area contributed by atoms with Crippen LogP contribution < -0.4 is 10.6 Å². The number of carbonyl (C=O) groups excluding carboxylic acids is 4. The Labute approximate surface area is 234 Å². The van der Waals surface area contributed by atoms with Crippen LogP contribution in [0.3, 0.4) is 0 Å². The van der Waals surface area contributed by atoms with Gasteiger partial charge in [0, 0.05) is 49.4 Å². The summed E-state index contributed by atoms with van der Waals surface area (Å²) in [5.74, 6) is -0.603. The summed E-state index contributed by atoms with van der Waals surface area (Å²) in [6.45, 7) is 6.62. The Morgan fingerprint density at radius 1 is 0.974 bits per heavy atom. The Morgan fingerprint density at radius 2 is 1.72 bits per heavy atom. The van der Waals surface area contributed by atoms with Crippen molar-refractivity contribution in [1.82, 2.24) is 5.32 Å². The van der Waals surface area contributed by atoms with E-state index < -0.39 is 0 Å². The fourth-order valence-corrected chi connectivity index (χ4v) is 4.63. The summed E-state index contributed by atoms with van der Waals surface area (Å²) in [6.07, 6.45) is 4.45. The number of benzene rings is 2. The number of esters is 1. The Morgan fingerprint density at radius 3 is 2.41 bits per heavy atom. The number of Topliss-reactive ketones (excluding diaryl/α,β-unsaturated/α-hetero) is 1. The summed E-state index contributed by atoms with van der Waals surface area (Å²) in [7, 11) is 2.48. The van der Waals surface area contributed by atoms with E-state index in [4.69, 9.17) is 6.15 Å². The fourth-order valence-electron chi connectivity index (χ4n) is 4.63. The number of anilines is 1. The lowest BCUT2D eigenvalue weighted by atomic mass is 9.93. The maximum Gasteiger partial charge on any atom is 0.305 e. The summed E-state index contributed by atoms with van der Waals surface area (Å²) in [5.41, 5.74) is 5.03. The zero-order valence-corrected chi connectivity index (χ0v) is 24.1. The van der Waals surface area contributed by atoms with Crippen molar-refractivity contribution in [2.45, 2.75) is 78.1 Å². The SMILES string of the molecule is CCCCC(=O)c1cccc2c1-c1ccc(NC(=O)CCCC(=O)NCCC)cc1C2COC(=O)CC.[2H]N=P. The van der Waals surface area contributed by atoms with Crippen molar-refractivity contribution in [3.8, 4) is 11.1 Å². The van der Waals surface area contributed by atoms with Crippen molar-refractivity contribution in [2.24, 2.45) is 0 Å². The molecule has 0 saturated heterocycles. The molecule has 9 heteroatoms. The van der Waals surface area contributed by atoms with Crippen LogP contribution in [0.4, 0.5) is 5.69 Å². The highest BCUT2D eigenvalue weighted by molar-refractivity contribution is 7.02. The van der Waals surface area contributed by atoms with Gasteiger partial charge in [-0.05, 0) is 62.7 Å². The van der Waals surface area contributed by atoms with E-state index in [9.17, 15) is 19.2 Å². The van der Waals surface area contributed by atoms with Gasteiger partial charge in [0.2, 0.25) is 11.8 Å². The number of rotatable bonds is 14. The van der Waals surface area contributed by atoms with E-state index in [-0.39, 0.29) is 48.9 Å². The van der Waals surface area contributed by atoms with Gasteiger partial charge >= 0.3 is 5.97 Å². The molecule has 1 aliphatic rings. The molecule has 0 spiro atoms. The molecule has 39 heavy (non-hydrogen) atoms. The molecule has 0 bridgehead atoms. The summed E-state index contributed by atoms with van der Waals surface area (Å²) < 4.78 is 11.3. The van der Waals surface area contributed by atoms with Crippen molar-refractivity contribution < 1.29 is 25.3 Å². The largest absolute Gasteiger partial charge is 0.465 e. The van der Waals surface area contributed by atoms with Crippen LogP contribution in [0.1, 0.15) is 99.5 Å². The summed E-state index contributed by atoms with van der Waals surface area (Å²) in [6, 6.07) is 11.4. The van der Waals surface area contributed by atoms with Crippen molar-refractivity contribution in [3.63, 3.8) is 0 Å². The average Bonchev–Trinajstić information content (AvgIpc) is 3.26. The first-order valence-electron chi connectivity index (χ1n) is 14.1. The molecule has 8 nitrogen and oxygen atoms in total. The van der Waals surface area contributed by atoms with Crippen LogP contribution in [0.15, 0.2) is 36.4 Å². The lowest BCUT2D eigenvalue weighted by molar-refractivity contribution is -0.143. The highest BCUT2D eigenvalue weighted by atomic mass is 31.0. The highest BCUT2D eigenvalue weighted by Gasteiger charge is 2.33. The molecule has 2 aromatic carbocycles. The number of fused-ring (bicyclic) bond motifs is 3. The van der Waals surface area contributed by atoms with Crippen LogP contribution in [0.25, 0.3) is 11.1 Å². The molecule has 0 aliphatic heterocycles. The fraction of sp³-hybridized carbons (Fsp3) is 0.467. The molecule has 1 unspecified atom stereocenters. The van der Waals surface area contributed by atoms with Gasteiger partial charge in [-0.25, -0.2) is 0 Å². The van der Waals surface area contributed by atoms with Gasteiger partial charge in [-0.3, -0.25) is 24.3 Å². The van der Waals surface area contributed by atoms with Gasteiger partial charge in [-0.2, -0.15) is 0 Å². The topological polar surface area (TPSA) is 125 Å².